The minimum atomic E-state index is -1.12. The van der Waals surface area contributed by atoms with Crippen molar-refractivity contribution in [3.63, 3.8) is 0 Å². The summed E-state index contributed by atoms with van der Waals surface area (Å²) in [7, 11) is 1.50. The van der Waals surface area contributed by atoms with E-state index in [4.69, 9.17) is 4.74 Å². The fraction of sp³-hybridized carbons (Fsp3) is 0.455. The summed E-state index contributed by atoms with van der Waals surface area (Å²) in [5, 5.41) is 29.6. The number of methoxy groups -OCH3 is 1. The molecular formula is C11H15BrO4. The van der Waals surface area contributed by atoms with Gasteiger partial charge in [-0.05, 0) is 24.6 Å². The molecule has 0 saturated carbocycles. The standard InChI is InChI=1S/C11H15BrO4/c1-16-7-2-3-9(13)8(6-7)11(15)10(14)4-5-12/h2-3,6,10-11,13-15H,4-5H2,1H3. The van der Waals surface area contributed by atoms with Crippen molar-refractivity contribution >= 4 is 15.9 Å². The molecule has 5 heteroatoms. The number of phenolic OH excluding ortho intramolecular Hbond substituents is 1. The van der Waals surface area contributed by atoms with Gasteiger partial charge in [-0.1, -0.05) is 15.9 Å². The highest BCUT2D eigenvalue weighted by atomic mass is 79.9. The van der Waals surface area contributed by atoms with E-state index < -0.39 is 12.2 Å². The second kappa shape index (κ2) is 6.08. The van der Waals surface area contributed by atoms with E-state index in [0.717, 1.165) is 0 Å². The number of benzene rings is 1. The van der Waals surface area contributed by atoms with Crippen LogP contribution in [0.1, 0.15) is 18.1 Å². The quantitative estimate of drug-likeness (QED) is 0.720. The van der Waals surface area contributed by atoms with E-state index >= 15 is 0 Å². The Labute approximate surface area is 103 Å². The number of aliphatic hydroxyl groups excluding tert-OH is 2. The van der Waals surface area contributed by atoms with Gasteiger partial charge in [0.05, 0.1) is 13.2 Å². The summed E-state index contributed by atoms with van der Waals surface area (Å²) >= 11 is 3.18. The first-order valence-electron chi connectivity index (χ1n) is 4.89. The fourth-order valence-corrected chi connectivity index (χ4v) is 1.84. The summed E-state index contributed by atoms with van der Waals surface area (Å²) in [6, 6.07) is 4.53. The van der Waals surface area contributed by atoms with Gasteiger partial charge in [-0.2, -0.15) is 0 Å². The molecule has 0 radical (unpaired) electrons. The third-order valence-electron chi connectivity index (χ3n) is 2.32. The molecule has 0 aliphatic carbocycles. The summed E-state index contributed by atoms with van der Waals surface area (Å²) in [5.74, 6) is 0.472. The van der Waals surface area contributed by atoms with Gasteiger partial charge in [-0.15, -0.1) is 0 Å². The van der Waals surface area contributed by atoms with Crippen molar-refractivity contribution in [3.05, 3.63) is 23.8 Å². The molecule has 0 fully saturated rings. The first-order valence-corrected chi connectivity index (χ1v) is 6.01. The molecule has 1 aromatic rings. The molecule has 1 aromatic carbocycles. The van der Waals surface area contributed by atoms with Crippen LogP contribution in [-0.2, 0) is 0 Å². The maximum absolute atomic E-state index is 9.83. The highest BCUT2D eigenvalue weighted by Crippen LogP contribution is 2.31. The Morgan fingerprint density at radius 1 is 1.38 bits per heavy atom. The largest absolute Gasteiger partial charge is 0.508 e. The first-order chi connectivity index (χ1) is 7.60. The van der Waals surface area contributed by atoms with Gasteiger partial charge >= 0.3 is 0 Å². The Kier molecular flexibility index (Phi) is 5.05. The lowest BCUT2D eigenvalue weighted by molar-refractivity contribution is 0.0159. The maximum atomic E-state index is 9.83. The van der Waals surface area contributed by atoms with Crippen molar-refractivity contribution < 1.29 is 20.1 Å². The van der Waals surface area contributed by atoms with Crippen LogP contribution in [0.25, 0.3) is 0 Å². The fourth-order valence-electron chi connectivity index (χ4n) is 1.37. The molecule has 0 heterocycles. The van der Waals surface area contributed by atoms with Crippen LogP contribution in [0, 0.1) is 0 Å². The second-order valence-electron chi connectivity index (χ2n) is 3.41. The summed E-state index contributed by atoms with van der Waals surface area (Å²) in [5.41, 5.74) is 0.271. The van der Waals surface area contributed by atoms with Crippen LogP contribution < -0.4 is 4.74 Å². The summed E-state index contributed by atoms with van der Waals surface area (Å²) in [4.78, 5) is 0. The van der Waals surface area contributed by atoms with Crippen molar-refractivity contribution in [2.75, 3.05) is 12.4 Å². The molecule has 0 aliphatic rings. The lowest BCUT2D eigenvalue weighted by Crippen LogP contribution is -2.18. The molecule has 2 atom stereocenters. The van der Waals surface area contributed by atoms with Gasteiger partial charge in [-0.25, -0.2) is 0 Å². The van der Waals surface area contributed by atoms with E-state index in [1.165, 1.54) is 19.2 Å². The summed E-state index contributed by atoms with van der Waals surface area (Å²) in [6.45, 7) is 0. The van der Waals surface area contributed by atoms with Gasteiger partial charge in [0.25, 0.3) is 0 Å². The summed E-state index contributed by atoms with van der Waals surface area (Å²) in [6.07, 6.45) is -1.64. The van der Waals surface area contributed by atoms with Gasteiger partial charge in [0.15, 0.2) is 0 Å². The van der Waals surface area contributed by atoms with E-state index in [2.05, 4.69) is 15.9 Å². The Bertz CT molecular complexity index is 343. The molecular weight excluding hydrogens is 276 g/mol. The SMILES string of the molecule is COc1ccc(O)c(C(O)C(O)CCBr)c1. The van der Waals surface area contributed by atoms with Crippen molar-refractivity contribution in [2.24, 2.45) is 0 Å². The Morgan fingerprint density at radius 2 is 2.06 bits per heavy atom. The highest BCUT2D eigenvalue weighted by molar-refractivity contribution is 9.09. The average Bonchev–Trinajstić information content (AvgIpc) is 2.29. The lowest BCUT2D eigenvalue weighted by Gasteiger charge is -2.18. The van der Waals surface area contributed by atoms with Crippen molar-refractivity contribution in [1.82, 2.24) is 0 Å². The van der Waals surface area contributed by atoms with Gasteiger partial charge < -0.3 is 20.1 Å². The van der Waals surface area contributed by atoms with Crippen molar-refractivity contribution in [2.45, 2.75) is 18.6 Å². The third kappa shape index (κ3) is 3.10. The molecule has 90 valence electrons. The van der Waals surface area contributed by atoms with E-state index in [0.29, 0.717) is 17.5 Å². The minimum absolute atomic E-state index is 0.0538. The van der Waals surface area contributed by atoms with Crippen LogP contribution in [0.3, 0.4) is 0 Å². The Balaban J connectivity index is 2.92. The zero-order valence-electron chi connectivity index (χ0n) is 8.93. The molecule has 16 heavy (non-hydrogen) atoms. The number of hydrogen-bond acceptors (Lipinski definition) is 4. The van der Waals surface area contributed by atoms with Crippen molar-refractivity contribution in [1.29, 1.82) is 0 Å². The van der Waals surface area contributed by atoms with Gasteiger partial charge in [0.1, 0.15) is 17.6 Å². The molecule has 0 amide bonds. The van der Waals surface area contributed by atoms with E-state index in [1.54, 1.807) is 6.07 Å². The predicted octanol–water partition coefficient (Wildman–Crippen LogP) is 1.58. The number of halogens is 1. The molecule has 0 aromatic heterocycles. The van der Waals surface area contributed by atoms with Crippen LogP contribution in [0.15, 0.2) is 18.2 Å². The number of rotatable bonds is 5. The molecule has 3 N–H and O–H groups in total. The molecule has 0 bridgehead atoms. The predicted molar refractivity (Wildman–Crippen MR) is 64.0 cm³/mol. The Hall–Kier alpha value is -0.780. The second-order valence-corrected chi connectivity index (χ2v) is 4.21. The van der Waals surface area contributed by atoms with E-state index in [1.807, 2.05) is 0 Å². The average molecular weight is 291 g/mol. The number of aromatic hydroxyl groups is 1. The molecule has 4 nitrogen and oxygen atoms in total. The third-order valence-corrected chi connectivity index (χ3v) is 2.78. The van der Waals surface area contributed by atoms with Crippen LogP contribution >= 0.6 is 15.9 Å². The lowest BCUT2D eigenvalue weighted by atomic mass is 10.0. The molecule has 2 unspecified atom stereocenters. The van der Waals surface area contributed by atoms with Crippen LogP contribution in [0.4, 0.5) is 0 Å². The number of ether oxygens (including phenoxy) is 1. The minimum Gasteiger partial charge on any atom is -0.508 e. The molecule has 0 spiro atoms. The van der Waals surface area contributed by atoms with Gasteiger partial charge in [0.2, 0.25) is 0 Å². The normalized spacial score (nSPS) is 14.5. The first kappa shape index (κ1) is 13.3. The van der Waals surface area contributed by atoms with Crippen LogP contribution in [0.5, 0.6) is 11.5 Å². The summed E-state index contributed by atoms with van der Waals surface area (Å²) < 4.78 is 4.99. The van der Waals surface area contributed by atoms with Gasteiger partial charge in [0, 0.05) is 10.9 Å². The Morgan fingerprint density at radius 3 is 2.62 bits per heavy atom. The van der Waals surface area contributed by atoms with Crippen LogP contribution in [-0.4, -0.2) is 33.9 Å². The number of aliphatic hydroxyl groups is 2. The molecule has 1 rings (SSSR count). The zero-order valence-corrected chi connectivity index (χ0v) is 10.5. The topological polar surface area (TPSA) is 69.9 Å². The van der Waals surface area contributed by atoms with Gasteiger partial charge in [-0.3, -0.25) is 0 Å². The highest BCUT2D eigenvalue weighted by Gasteiger charge is 2.21. The smallest absolute Gasteiger partial charge is 0.121 e. The molecule has 0 aliphatic heterocycles. The van der Waals surface area contributed by atoms with Crippen molar-refractivity contribution in [3.8, 4) is 11.5 Å². The monoisotopic (exact) mass is 290 g/mol. The maximum Gasteiger partial charge on any atom is 0.121 e. The zero-order chi connectivity index (χ0) is 12.1. The molecule has 0 saturated heterocycles. The van der Waals surface area contributed by atoms with E-state index in [9.17, 15) is 15.3 Å². The van der Waals surface area contributed by atoms with E-state index in [-0.39, 0.29) is 11.3 Å². The van der Waals surface area contributed by atoms with Crippen LogP contribution in [0.2, 0.25) is 0 Å². The number of phenols is 1. The number of alkyl halides is 1. The number of hydrogen-bond donors (Lipinski definition) is 3.